The summed E-state index contributed by atoms with van der Waals surface area (Å²) in [5, 5.41) is 3.24. The number of aromatic nitrogens is 2. The first-order valence-electron chi connectivity index (χ1n) is 5.64. The predicted molar refractivity (Wildman–Crippen MR) is 71.5 cm³/mol. The van der Waals surface area contributed by atoms with Gasteiger partial charge in [-0.25, -0.2) is 4.98 Å². The summed E-state index contributed by atoms with van der Waals surface area (Å²) in [6.45, 7) is 2.90. The number of nitrogens with two attached hydrogens (primary N) is 1. The van der Waals surface area contributed by atoms with Gasteiger partial charge in [0.1, 0.15) is 5.03 Å². The SMILES string of the molecule is CCCCSc1nc2sccn2c1CCN. The summed E-state index contributed by atoms with van der Waals surface area (Å²) in [7, 11) is 0. The van der Waals surface area contributed by atoms with Crippen LogP contribution in [-0.2, 0) is 6.42 Å². The second-order valence-corrected chi connectivity index (χ2v) is 5.62. The third-order valence-corrected chi connectivity index (χ3v) is 4.29. The molecule has 0 spiro atoms. The Labute approximate surface area is 104 Å². The molecular formula is C11H17N3S2. The van der Waals surface area contributed by atoms with Crippen LogP contribution >= 0.6 is 23.1 Å². The second kappa shape index (κ2) is 5.70. The number of rotatable bonds is 6. The van der Waals surface area contributed by atoms with Crippen LogP contribution in [0, 0.1) is 0 Å². The van der Waals surface area contributed by atoms with Crippen molar-refractivity contribution in [3.8, 4) is 0 Å². The number of thioether (sulfide) groups is 1. The zero-order chi connectivity index (χ0) is 11.4. The average molecular weight is 255 g/mol. The molecule has 0 aliphatic heterocycles. The number of fused-ring (bicyclic) bond motifs is 1. The number of thiazole rings is 1. The van der Waals surface area contributed by atoms with Crippen LogP contribution in [0.25, 0.3) is 4.96 Å². The Balaban J connectivity index is 2.20. The first-order valence-corrected chi connectivity index (χ1v) is 7.50. The van der Waals surface area contributed by atoms with Gasteiger partial charge in [-0.2, -0.15) is 0 Å². The van der Waals surface area contributed by atoms with E-state index in [1.54, 1.807) is 11.3 Å². The molecule has 0 aromatic carbocycles. The molecule has 0 atom stereocenters. The standard InChI is InChI=1S/C11H17N3S2/c1-2-3-7-15-10-9(4-5-12)14-6-8-16-11(14)13-10/h6,8H,2-5,7,12H2,1H3. The molecule has 5 heteroatoms. The lowest BCUT2D eigenvalue weighted by Gasteiger charge is -2.01. The highest BCUT2D eigenvalue weighted by molar-refractivity contribution is 7.99. The van der Waals surface area contributed by atoms with E-state index in [4.69, 9.17) is 5.73 Å². The molecule has 16 heavy (non-hydrogen) atoms. The van der Waals surface area contributed by atoms with Crippen molar-refractivity contribution in [3.63, 3.8) is 0 Å². The minimum Gasteiger partial charge on any atom is -0.330 e. The van der Waals surface area contributed by atoms with Crippen molar-refractivity contribution in [1.82, 2.24) is 9.38 Å². The highest BCUT2D eigenvalue weighted by Crippen LogP contribution is 2.26. The summed E-state index contributed by atoms with van der Waals surface area (Å²) < 4.78 is 2.17. The van der Waals surface area contributed by atoms with Crippen molar-refractivity contribution in [1.29, 1.82) is 0 Å². The van der Waals surface area contributed by atoms with Gasteiger partial charge in [-0.1, -0.05) is 13.3 Å². The van der Waals surface area contributed by atoms with Crippen molar-refractivity contribution < 1.29 is 0 Å². The monoisotopic (exact) mass is 255 g/mol. The predicted octanol–water partition coefficient (Wildman–Crippen LogP) is 2.79. The number of nitrogens with zero attached hydrogens (tertiary/aromatic N) is 2. The molecule has 2 heterocycles. The second-order valence-electron chi connectivity index (χ2n) is 3.66. The van der Waals surface area contributed by atoms with Crippen LogP contribution in [0.15, 0.2) is 16.6 Å². The summed E-state index contributed by atoms with van der Waals surface area (Å²) in [6.07, 6.45) is 5.48. The maximum absolute atomic E-state index is 5.66. The first kappa shape index (κ1) is 12.0. The molecule has 3 nitrogen and oxygen atoms in total. The van der Waals surface area contributed by atoms with Crippen LogP contribution in [0.4, 0.5) is 0 Å². The van der Waals surface area contributed by atoms with Gasteiger partial charge < -0.3 is 5.73 Å². The van der Waals surface area contributed by atoms with Crippen molar-refractivity contribution in [2.24, 2.45) is 5.73 Å². The van der Waals surface area contributed by atoms with Crippen LogP contribution < -0.4 is 5.73 Å². The molecule has 2 N–H and O–H groups in total. The lowest BCUT2D eigenvalue weighted by atomic mass is 10.3. The quantitative estimate of drug-likeness (QED) is 0.637. The maximum atomic E-state index is 5.66. The molecule has 0 amide bonds. The average Bonchev–Trinajstić information content (AvgIpc) is 2.83. The number of imidazole rings is 1. The zero-order valence-corrected chi connectivity index (χ0v) is 11.1. The molecule has 0 aliphatic carbocycles. The largest absolute Gasteiger partial charge is 0.330 e. The zero-order valence-electron chi connectivity index (χ0n) is 9.48. The fourth-order valence-electron chi connectivity index (χ4n) is 1.61. The summed E-state index contributed by atoms with van der Waals surface area (Å²) in [5.41, 5.74) is 6.93. The fraction of sp³-hybridized carbons (Fsp3) is 0.545. The van der Waals surface area contributed by atoms with Crippen LogP contribution in [-0.4, -0.2) is 21.7 Å². The van der Waals surface area contributed by atoms with E-state index in [1.165, 1.54) is 23.6 Å². The van der Waals surface area contributed by atoms with E-state index in [0.29, 0.717) is 6.54 Å². The number of unbranched alkanes of at least 4 members (excludes halogenated alkanes) is 1. The van der Waals surface area contributed by atoms with E-state index in [2.05, 4.69) is 27.9 Å². The number of hydrogen-bond acceptors (Lipinski definition) is 4. The lowest BCUT2D eigenvalue weighted by Crippen LogP contribution is -2.05. The van der Waals surface area contributed by atoms with Crippen molar-refractivity contribution in [3.05, 3.63) is 17.3 Å². The van der Waals surface area contributed by atoms with Gasteiger partial charge in [-0.15, -0.1) is 23.1 Å². The molecule has 0 bridgehead atoms. The smallest absolute Gasteiger partial charge is 0.194 e. The van der Waals surface area contributed by atoms with E-state index in [1.807, 2.05) is 11.8 Å². The molecule has 0 saturated heterocycles. The Morgan fingerprint density at radius 2 is 2.44 bits per heavy atom. The number of hydrogen-bond donors (Lipinski definition) is 1. The van der Waals surface area contributed by atoms with Crippen molar-refractivity contribution >= 4 is 28.1 Å². The van der Waals surface area contributed by atoms with Crippen LogP contribution in [0.1, 0.15) is 25.5 Å². The summed E-state index contributed by atoms with van der Waals surface area (Å²) in [6, 6.07) is 0. The highest BCUT2D eigenvalue weighted by Gasteiger charge is 2.12. The van der Waals surface area contributed by atoms with E-state index in [-0.39, 0.29) is 0 Å². The molecular weight excluding hydrogens is 238 g/mol. The minimum atomic E-state index is 0.685. The molecule has 0 unspecified atom stereocenters. The first-order chi connectivity index (χ1) is 7.86. The molecule has 2 aromatic heterocycles. The fourth-order valence-corrected chi connectivity index (χ4v) is 3.54. The Hall–Kier alpha value is -0.520. The van der Waals surface area contributed by atoms with Gasteiger partial charge in [-0.05, 0) is 18.7 Å². The third kappa shape index (κ3) is 2.42. The molecule has 0 fully saturated rings. The normalized spacial score (nSPS) is 11.4. The summed E-state index contributed by atoms with van der Waals surface area (Å²) in [5.74, 6) is 1.15. The van der Waals surface area contributed by atoms with Crippen LogP contribution in [0.3, 0.4) is 0 Å². The van der Waals surface area contributed by atoms with E-state index in [0.717, 1.165) is 17.1 Å². The van der Waals surface area contributed by atoms with Crippen LogP contribution in [0.2, 0.25) is 0 Å². The third-order valence-electron chi connectivity index (χ3n) is 2.44. The Bertz CT molecular complexity index is 447. The Morgan fingerprint density at radius 3 is 3.19 bits per heavy atom. The van der Waals surface area contributed by atoms with Crippen molar-refractivity contribution in [2.75, 3.05) is 12.3 Å². The maximum Gasteiger partial charge on any atom is 0.194 e. The van der Waals surface area contributed by atoms with Gasteiger partial charge in [0.15, 0.2) is 4.96 Å². The van der Waals surface area contributed by atoms with E-state index >= 15 is 0 Å². The van der Waals surface area contributed by atoms with Crippen molar-refractivity contribution in [2.45, 2.75) is 31.2 Å². The van der Waals surface area contributed by atoms with E-state index < -0.39 is 0 Å². The van der Waals surface area contributed by atoms with Gasteiger partial charge in [0.05, 0.1) is 5.69 Å². The molecule has 2 rings (SSSR count). The van der Waals surface area contributed by atoms with Crippen LogP contribution in [0.5, 0.6) is 0 Å². The van der Waals surface area contributed by atoms with Gasteiger partial charge in [0.25, 0.3) is 0 Å². The van der Waals surface area contributed by atoms with Gasteiger partial charge >= 0.3 is 0 Å². The summed E-state index contributed by atoms with van der Waals surface area (Å²) in [4.78, 5) is 5.74. The summed E-state index contributed by atoms with van der Waals surface area (Å²) >= 11 is 3.55. The van der Waals surface area contributed by atoms with Gasteiger partial charge in [-0.3, -0.25) is 4.40 Å². The molecule has 0 aliphatic rings. The van der Waals surface area contributed by atoms with Gasteiger partial charge in [0, 0.05) is 18.0 Å². The van der Waals surface area contributed by atoms with E-state index in [9.17, 15) is 0 Å². The topological polar surface area (TPSA) is 43.3 Å². The van der Waals surface area contributed by atoms with Gasteiger partial charge in [0.2, 0.25) is 0 Å². The molecule has 0 saturated carbocycles. The molecule has 88 valence electrons. The molecule has 0 radical (unpaired) electrons. The Kier molecular flexibility index (Phi) is 4.26. The minimum absolute atomic E-state index is 0.685. The highest BCUT2D eigenvalue weighted by atomic mass is 32.2. The lowest BCUT2D eigenvalue weighted by molar-refractivity contribution is 0.872. The Morgan fingerprint density at radius 1 is 1.56 bits per heavy atom. The molecule has 2 aromatic rings.